The van der Waals surface area contributed by atoms with Crippen LogP contribution in [-0.2, 0) is 0 Å². The summed E-state index contributed by atoms with van der Waals surface area (Å²) in [5, 5.41) is 3.38. The van der Waals surface area contributed by atoms with Crippen LogP contribution >= 0.6 is 36.2 Å². The van der Waals surface area contributed by atoms with Gasteiger partial charge < -0.3 is 10.2 Å². The molecule has 4 nitrogen and oxygen atoms in total. The van der Waals surface area contributed by atoms with Crippen molar-refractivity contribution in [2.24, 2.45) is 11.8 Å². The molecule has 0 aromatic carbocycles. The first-order chi connectivity index (χ1) is 7.75. The van der Waals surface area contributed by atoms with Crippen molar-refractivity contribution in [1.29, 1.82) is 0 Å². The van der Waals surface area contributed by atoms with E-state index in [1.165, 1.54) is 11.3 Å². The summed E-state index contributed by atoms with van der Waals surface area (Å²) in [6, 6.07) is 0. The highest BCUT2D eigenvalue weighted by atomic mass is 35.5. The van der Waals surface area contributed by atoms with Gasteiger partial charge in [-0.3, -0.25) is 4.79 Å². The quantitative estimate of drug-likeness (QED) is 0.857. The van der Waals surface area contributed by atoms with E-state index in [2.05, 4.69) is 10.3 Å². The number of thiazole rings is 1. The Kier molecular flexibility index (Phi) is 5.40. The van der Waals surface area contributed by atoms with E-state index in [1.54, 1.807) is 5.51 Å². The number of amides is 1. The summed E-state index contributed by atoms with van der Waals surface area (Å²) in [6.45, 7) is 5.86. The van der Waals surface area contributed by atoms with Crippen LogP contribution in [-0.4, -0.2) is 42.0 Å². The molecule has 3 rings (SSSR count). The average Bonchev–Trinajstić information content (AvgIpc) is 2.89. The Morgan fingerprint density at radius 2 is 2.00 bits per heavy atom. The van der Waals surface area contributed by atoms with E-state index in [-0.39, 0.29) is 30.7 Å². The highest BCUT2D eigenvalue weighted by Crippen LogP contribution is 2.28. The van der Waals surface area contributed by atoms with Gasteiger partial charge in [0.25, 0.3) is 5.91 Å². The zero-order chi connectivity index (χ0) is 11.1. The zero-order valence-electron chi connectivity index (χ0n) is 10.1. The van der Waals surface area contributed by atoms with Crippen molar-refractivity contribution in [3.8, 4) is 0 Å². The first kappa shape index (κ1) is 15.7. The number of aromatic nitrogens is 1. The number of fused-ring (bicyclic) bond motifs is 1. The lowest BCUT2D eigenvalue weighted by atomic mass is 10.0. The van der Waals surface area contributed by atoms with Gasteiger partial charge in [-0.25, -0.2) is 4.98 Å². The molecule has 1 N–H and O–H groups in total. The maximum absolute atomic E-state index is 12.2. The first-order valence-corrected chi connectivity index (χ1v) is 6.53. The number of nitrogens with zero attached hydrogens (tertiary/aromatic N) is 2. The van der Waals surface area contributed by atoms with E-state index in [0.29, 0.717) is 11.8 Å². The zero-order valence-corrected chi connectivity index (χ0v) is 12.5. The Balaban J connectivity index is 0.000000810. The van der Waals surface area contributed by atoms with Crippen LogP contribution in [0.1, 0.15) is 15.4 Å². The molecule has 1 aromatic rings. The van der Waals surface area contributed by atoms with Crippen LogP contribution in [0.5, 0.6) is 0 Å². The molecule has 3 heterocycles. The van der Waals surface area contributed by atoms with Crippen LogP contribution in [0.15, 0.2) is 5.51 Å². The van der Waals surface area contributed by atoms with Gasteiger partial charge in [0.05, 0.1) is 11.2 Å². The number of hydrogen-bond donors (Lipinski definition) is 1. The van der Waals surface area contributed by atoms with Gasteiger partial charge in [-0.2, -0.15) is 0 Å². The fourth-order valence-electron chi connectivity index (χ4n) is 2.67. The number of hydrogen-bond acceptors (Lipinski definition) is 4. The highest BCUT2D eigenvalue weighted by Gasteiger charge is 2.38. The van der Waals surface area contributed by atoms with Gasteiger partial charge in [0.15, 0.2) is 0 Å². The second-order valence-corrected chi connectivity index (χ2v) is 5.51. The average molecular weight is 310 g/mol. The van der Waals surface area contributed by atoms with E-state index in [1.807, 2.05) is 11.8 Å². The minimum absolute atomic E-state index is 0. The Labute approximate surface area is 123 Å². The topological polar surface area (TPSA) is 45.2 Å². The highest BCUT2D eigenvalue weighted by molar-refractivity contribution is 7.11. The van der Waals surface area contributed by atoms with E-state index in [4.69, 9.17) is 0 Å². The lowest BCUT2D eigenvalue weighted by molar-refractivity contribution is 0.0785. The van der Waals surface area contributed by atoms with E-state index < -0.39 is 0 Å². The number of halogens is 2. The van der Waals surface area contributed by atoms with Crippen molar-refractivity contribution in [2.75, 3.05) is 26.2 Å². The SMILES string of the molecule is Cc1ncsc1C(=O)N1C[C@H]2CNC[C@H]2C1.Cl.Cl. The molecule has 0 saturated carbocycles. The van der Waals surface area contributed by atoms with Crippen LogP contribution in [0.2, 0.25) is 0 Å². The molecule has 2 saturated heterocycles. The first-order valence-electron chi connectivity index (χ1n) is 5.66. The predicted molar refractivity (Wildman–Crippen MR) is 77.1 cm³/mol. The monoisotopic (exact) mass is 309 g/mol. The molecule has 0 radical (unpaired) electrons. The maximum atomic E-state index is 12.2. The lowest BCUT2D eigenvalue weighted by Gasteiger charge is -2.16. The summed E-state index contributed by atoms with van der Waals surface area (Å²) < 4.78 is 0. The minimum atomic E-state index is 0. The molecular formula is C11H17Cl2N3OS. The summed E-state index contributed by atoms with van der Waals surface area (Å²) in [4.78, 5) is 19.2. The fourth-order valence-corrected chi connectivity index (χ4v) is 3.44. The smallest absolute Gasteiger partial charge is 0.265 e. The van der Waals surface area contributed by atoms with Crippen LogP contribution in [0.3, 0.4) is 0 Å². The van der Waals surface area contributed by atoms with E-state index in [9.17, 15) is 4.79 Å². The molecule has 1 amide bonds. The molecule has 2 aliphatic rings. The summed E-state index contributed by atoms with van der Waals surface area (Å²) in [7, 11) is 0. The number of likely N-dealkylation sites (tertiary alicyclic amines) is 1. The van der Waals surface area contributed by atoms with E-state index >= 15 is 0 Å². The molecule has 18 heavy (non-hydrogen) atoms. The summed E-state index contributed by atoms with van der Waals surface area (Å²) in [5.41, 5.74) is 2.62. The van der Waals surface area contributed by atoms with Crippen molar-refractivity contribution in [3.05, 3.63) is 16.1 Å². The molecule has 1 aromatic heterocycles. The van der Waals surface area contributed by atoms with Gasteiger partial charge in [0.2, 0.25) is 0 Å². The standard InChI is InChI=1S/C11H15N3OS.2ClH/c1-7-10(16-6-13-7)11(15)14-4-8-2-12-3-9(8)5-14;;/h6,8-9,12H,2-5H2,1H3;2*1H/t8-,9+;;. The van der Waals surface area contributed by atoms with E-state index in [0.717, 1.165) is 36.8 Å². The van der Waals surface area contributed by atoms with Crippen LogP contribution in [0.25, 0.3) is 0 Å². The number of aryl methyl sites for hydroxylation is 1. The number of carbonyl (C=O) groups is 1. The molecule has 0 spiro atoms. The summed E-state index contributed by atoms with van der Waals surface area (Å²) in [6.07, 6.45) is 0. The second-order valence-electron chi connectivity index (χ2n) is 4.66. The van der Waals surface area contributed by atoms with Crippen molar-refractivity contribution in [1.82, 2.24) is 15.2 Å². The van der Waals surface area contributed by atoms with Gasteiger partial charge in [-0.15, -0.1) is 36.2 Å². The van der Waals surface area contributed by atoms with Gasteiger partial charge in [-0.1, -0.05) is 0 Å². The fraction of sp³-hybridized carbons (Fsp3) is 0.636. The van der Waals surface area contributed by atoms with Crippen LogP contribution in [0.4, 0.5) is 0 Å². The number of nitrogens with one attached hydrogen (secondary N) is 1. The summed E-state index contributed by atoms with van der Waals surface area (Å²) in [5.74, 6) is 1.50. The van der Waals surface area contributed by atoms with Gasteiger partial charge in [0, 0.05) is 26.2 Å². The predicted octanol–water partition coefficient (Wildman–Crippen LogP) is 1.59. The number of carbonyl (C=O) groups excluding carboxylic acids is 1. The van der Waals surface area contributed by atoms with Crippen molar-refractivity contribution < 1.29 is 4.79 Å². The summed E-state index contributed by atoms with van der Waals surface area (Å²) >= 11 is 1.45. The molecule has 7 heteroatoms. The molecule has 0 aliphatic carbocycles. The van der Waals surface area contributed by atoms with Crippen LogP contribution < -0.4 is 5.32 Å². The molecule has 2 aliphatic heterocycles. The normalized spacial score (nSPS) is 25.3. The van der Waals surface area contributed by atoms with Crippen LogP contribution in [0, 0.1) is 18.8 Å². The third-order valence-electron chi connectivity index (χ3n) is 3.62. The van der Waals surface area contributed by atoms with Gasteiger partial charge >= 0.3 is 0 Å². The van der Waals surface area contributed by atoms with Gasteiger partial charge in [-0.05, 0) is 18.8 Å². The van der Waals surface area contributed by atoms with Crippen molar-refractivity contribution in [3.63, 3.8) is 0 Å². The lowest BCUT2D eigenvalue weighted by Crippen LogP contribution is -2.31. The minimum Gasteiger partial charge on any atom is -0.337 e. The van der Waals surface area contributed by atoms with Gasteiger partial charge in [0.1, 0.15) is 4.88 Å². The molecule has 0 unspecified atom stereocenters. The molecule has 102 valence electrons. The largest absolute Gasteiger partial charge is 0.337 e. The Hall–Kier alpha value is -0.360. The Bertz CT molecular complexity index is 414. The third-order valence-corrected chi connectivity index (χ3v) is 4.53. The Morgan fingerprint density at radius 1 is 1.39 bits per heavy atom. The maximum Gasteiger partial charge on any atom is 0.265 e. The molecule has 2 fully saturated rings. The Morgan fingerprint density at radius 3 is 2.50 bits per heavy atom. The molecule has 2 atom stereocenters. The third kappa shape index (κ3) is 2.64. The number of rotatable bonds is 1. The molecule has 0 bridgehead atoms. The van der Waals surface area contributed by atoms with Crippen molar-refractivity contribution >= 4 is 42.1 Å². The second kappa shape index (κ2) is 6.19. The van der Waals surface area contributed by atoms with Crippen molar-refractivity contribution in [2.45, 2.75) is 6.92 Å². The molecular weight excluding hydrogens is 293 g/mol.